The predicted molar refractivity (Wildman–Crippen MR) is 116 cm³/mol. The minimum atomic E-state index is -1.30. The number of aliphatic hydroxyl groups excluding tert-OH is 1. The molecule has 0 bridgehead atoms. The second-order valence-corrected chi connectivity index (χ2v) is 12.1. The van der Waals surface area contributed by atoms with Crippen molar-refractivity contribution in [1.29, 1.82) is 0 Å². The topological polar surface area (TPSA) is 110 Å². The maximum absolute atomic E-state index is 13.0. The number of esters is 1. The van der Waals surface area contributed by atoms with E-state index in [1.165, 1.54) is 0 Å². The summed E-state index contributed by atoms with van der Waals surface area (Å²) in [5.41, 5.74) is -4.82. The molecule has 1 aromatic rings. The Bertz CT molecular complexity index is 1090. The number of aliphatic hydroxyl groups is 2. The van der Waals surface area contributed by atoms with Crippen LogP contribution < -0.4 is 0 Å². The highest BCUT2D eigenvalue weighted by molar-refractivity contribution is 5.98. The van der Waals surface area contributed by atoms with E-state index in [9.17, 15) is 19.8 Å². The summed E-state index contributed by atoms with van der Waals surface area (Å²) < 4.78 is 17.5. The van der Waals surface area contributed by atoms with Crippen LogP contribution in [-0.2, 0) is 19.1 Å². The van der Waals surface area contributed by atoms with Gasteiger partial charge in [-0.2, -0.15) is 0 Å². The maximum Gasteiger partial charge on any atom is 0.339 e. The molecule has 0 amide bonds. The number of rotatable bonds is 1. The van der Waals surface area contributed by atoms with E-state index in [-0.39, 0.29) is 12.2 Å². The van der Waals surface area contributed by atoms with Crippen LogP contribution >= 0.6 is 0 Å². The van der Waals surface area contributed by atoms with Crippen LogP contribution in [-0.4, -0.2) is 45.4 Å². The highest BCUT2D eigenvalue weighted by atomic mass is 16.7. The Kier molecular flexibility index (Phi) is 3.80. The number of hydrogen-bond acceptors (Lipinski definition) is 7. The first-order valence-electron chi connectivity index (χ1n) is 11.9. The van der Waals surface area contributed by atoms with Crippen molar-refractivity contribution >= 4 is 11.8 Å². The van der Waals surface area contributed by atoms with E-state index in [0.29, 0.717) is 12.8 Å². The third kappa shape index (κ3) is 1.99. The molecular formula is C26H32O7. The first-order chi connectivity index (χ1) is 15.3. The van der Waals surface area contributed by atoms with E-state index in [1.807, 2.05) is 26.8 Å². The zero-order valence-corrected chi connectivity index (χ0v) is 19.8. The van der Waals surface area contributed by atoms with Crippen molar-refractivity contribution in [3.8, 4) is 0 Å². The van der Waals surface area contributed by atoms with Gasteiger partial charge in [0.15, 0.2) is 11.9 Å². The van der Waals surface area contributed by atoms with E-state index in [2.05, 4.69) is 6.92 Å². The first kappa shape index (κ1) is 21.6. The molecule has 4 fully saturated rings. The maximum atomic E-state index is 13.0. The zero-order chi connectivity index (χ0) is 23.8. The number of carbonyl (C=O) groups is 2. The lowest BCUT2D eigenvalue weighted by atomic mass is 9.36. The fourth-order valence-electron chi connectivity index (χ4n) is 8.87. The summed E-state index contributed by atoms with van der Waals surface area (Å²) in [5.74, 6) is -0.874. The van der Waals surface area contributed by atoms with Crippen molar-refractivity contribution in [2.75, 3.05) is 0 Å². The smallest absolute Gasteiger partial charge is 0.339 e. The minimum absolute atomic E-state index is 0.0424. The highest BCUT2D eigenvalue weighted by Gasteiger charge is 2.89. The van der Waals surface area contributed by atoms with Crippen LogP contribution in [0.15, 0.2) is 35.2 Å². The molecular weight excluding hydrogens is 424 g/mol. The normalized spacial score (nSPS) is 53.9. The molecule has 7 heteroatoms. The van der Waals surface area contributed by atoms with Gasteiger partial charge < -0.3 is 24.1 Å². The van der Waals surface area contributed by atoms with Crippen LogP contribution in [0, 0.1) is 27.6 Å². The number of ketones is 1. The Labute approximate surface area is 193 Å². The molecule has 2 aliphatic heterocycles. The van der Waals surface area contributed by atoms with Gasteiger partial charge in [-0.05, 0) is 44.2 Å². The van der Waals surface area contributed by atoms with Crippen molar-refractivity contribution in [2.24, 2.45) is 27.6 Å². The van der Waals surface area contributed by atoms with Gasteiger partial charge in [-0.3, -0.25) is 4.79 Å². The first-order valence-corrected chi connectivity index (χ1v) is 11.9. The molecule has 3 aliphatic carbocycles. The average molecular weight is 457 g/mol. The molecule has 1 aromatic heterocycles. The lowest BCUT2D eigenvalue weighted by Crippen LogP contribution is -2.76. The average Bonchev–Trinajstić information content (AvgIpc) is 3.22. The van der Waals surface area contributed by atoms with Crippen LogP contribution in [0.1, 0.15) is 65.5 Å². The van der Waals surface area contributed by atoms with Gasteiger partial charge in [-0.15, -0.1) is 0 Å². The van der Waals surface area contributed by atoms with E-state index in [0.717, 1.165) is 5.56 Å². The van der Waals surface area contributed by atoms with Gasteiger partial charge >= 0.3 is 5.97 Å². The SMILES string of the molecule is CC1(C)C(=O)C=C[C@]12C[C@@H](O)[C@]1(C)[C@@H](CC[C@@]3(C)[C@@H](c4ccoc4)OC(=O)[C@@H]4O[C@@]413)[C@@]2(C)O. The fraction of sp³-hybridized carbons (Fsp3) is 0.692. The van der Waals surface area contributed by atoms with Gasteiger partial charge in [0.2, 0.25) is 0 Å². The number of cyclic esters (lactones) is 1. The van der Waals surface area contributed by atoms with Gasteiger partial charge in [0, 0.05) is 27.2 Å². The quantitative estimate of drug-likeness (QED) is 0.494. The molecule has 6 rings (SSSR count). The summed E-state index contributed by atoms with van der Waals surface area (Å²) in [5, 5.41) is 24.2. The van der Waals surface area contributed by atoms with Gasteiger partial charge in [0.1, 0.15) is 11.7 Å². The second kappa shape index (κ2) is 5.81. The molecule has 0 unspecified atom stereocenters. The summed E-state index contributed by atoms with van der Waals surface area (Å²) >= 11 is 0. The molecule has 178 valence electrons. The van der Waals surface area contributed by atoms with Crippen LogP contribution in [0.4, 0.5) is 0 Å². The van der Waals surface area contributed by atoms with Crippen molar-refractivity contribution in [2.45, 2.75) is 83.4 Å². The lowest BCUT2D eigenvalue weighted by molar-refractivity contribution is -0.288. The van der Waals surface area contributed by atoms with E-state index in [4.69, 9.17) is 13.9 Å². The molecule has 9 atom stereocenters. The number of furan rings is 1. The summed E-state index contributed by atoms with van der Waals surface area (Å²) in [4.78, 5) is 25.8. The molecule has 7 nitrogen and oxygen atoms in total. The Morgan fingerprint density at radius 2 is 1.82 bits per heavy atom. The van der Waals surface area contributed by atoms with Crippen molar-refractivity contribution in [3.05, 3.63) is 36.3 Å². The summed E-state index contributed by atoms with van der Waals surface area (Å²) in [6, 6.07) is 1.80. The van der Waals surface area contributed by atoms with Gasteiger partial charge in [0.05, 0.1) is 24.2 Å². The number of epoxide rings is 1. The van der Waals surface area contributed by atoms with Gasteiger partial charge in [-0.1, -0.05) is 33.8 Å². The number of hydrogen-bond donors (Lipinski definition) is 2. The number of ether oxygens (including phenoxy) is 2. The number of carbonyl (C=O) groups excluding carboxylic acids is 2. The van der Waals surface area contributed by atoms with Crippen LogP contribution in [0.25, 0.3) is 0 Å². The summed E-state index contributed by atoms with van der Waals surface area (Å²) in [6.07, 6.45) is 5.71. The van der Waals surface area contributed by atoms with Crippen LogP contribution in [0.3, 0.4) is 0 Å². The van der Waals surface area contributed by atoms with Gasteiger partial charge in [0.25, 0.3) is 0 Å². The summed E-state index contributed by atoms with van der Waals surface area (Å²) in [7, 11) is 0. The molecule has 2 saturated heterocycles. The molecule has 3 heterocycles. The molecule has 2 saturated carbocycles. The Morgan fingerprint density at radius 3 is 2.42 bits per heavy atom. The Morgan fingerprint density at radius 1 is 1.09 bits per heavy atom. The van der Waals surface area contributed by atoms with Crippen LogP contribution in [0.5, 0.6) is 0 Å². The van der Waals surface area contributed by atoms with E-state index >= 15 is 0 Å². The molecule has 5 aliphatic rings. The number of fused-ring (bicyclic) bond motifs is 1. The third-order valence-electron chi connectivity index (χ3n) is 10.9. The van der Waals surface area contributed by atoms with Crippen LogP contribution in [0.2, 0.25) is 0 Å². The van der Waals surface area contributed by atoms with Gasteiger partial charge in [-0.25, -0.2) is 4.79 Å². The largest absolute Gasteiger partial charge is 0.472 e. The third-order valence-corrected chi connectivity index (χ3v) is 10.9. The standard InChI is InChI=1S/C26H32O7/c1-21(2)16(27)7-10-25(21)12-17(28)23(4)15(24(25,5)30)6-9-22(3)18(14-8-11-31-13-14)32-20(29)19-26(22,23)33-19/h7-8,10-11,13,15,17-19,28,30H,6,9,12H2,1-5H3/t15-,17-,18-,19+,22+,23+,24-,25+,26-/m1/s1. The van der Waals surface area contributed by atoms with E-state index < -0.39 is 63.1 Å². The summed E-state index contributed by atoms with van der Waals surface area (Å²) in [6.45, 7) is 9.53. The van der Waals surface area contributed by atoms with Crippen molar-refractivity contribution in [1.82, 2.24) is 0 Å². The fourth-order valence-corrected chi connectivity index (χ4v) is 8.87. The predicted octanol–water partition coefficient (Wildman–Crippen LogP) is 3.10. The van der Waals surface area contributed by atoms with Crippen molar-refractivity contribution in [3.63, 3.8) is 0 Å². The molecule has 2 N–H and O–H groups in total. The highest BCUT2D eigenvalue weighted by Crippen LogP contribution is 2.79. The zero-order valence-electron chi connectivity index (χ0n) is 19.8. The molecule has 0 aromatic carbocycles. The Balaban J connectivity index is 1.52. The Hall–Kier alpha value is -1.96. The molecule has 2 spiro atoms. The van der Waals surface area contributed by atoms with E-state index in [1.54, 1.807) is 31.6 Å². The second-order valence-electron chi connectivity index (χ2n) is 12.1. The minimum Gasteiger partial charge on any atom is -0.472 e. The molecule has 33 heavy (non-hydrogen) atoms. The monoisotopic (exact) mass is 456 g/mol. The van der Waals surface area contributed by atoms with Crippen molar-refractivity contribution < 1.29 is 33.7 Å². The number of allylic oxidation sites excluding steroid dienone is 1. The lowest BCUT2D eigenvalue weighted by Gasteiger charge is -2.69. The molecule has 0 radical (unpaired) electrons.